The molecule has 1 aromatic carbocycles. The van der Waals surface area contributed by atoms with Crippen LogP contribution in [0.1, 0.15) is 25.3 Å². The molecule has 1 saturated carbocycles. The highest BCUT2D eigenvalue weighted by Gasteiger charge is 2.36. The van der Waals surface area contributed by atoms with E-state index >= 15 is 0 Å². The summed E-state index contributed by atoms with van der Waals surface area (Å²) < 4.78 is 2.11. The van der Waals surface area contributed by atoms with Crippen LogP contribution in [0.4, 0.5) is 5.95 Å². The van der Waals surface area contributed by atoms with Crippen LogP contribution in [0.25, 0.3) is 11.0 Å². The van der Waals surface area contributed by atoms with Gasteiger partial charge in [-0.25, -0.2) is 4.98 Å². The van der Waals surface area contributed by atoms with Crippen molar-refractivity contribution in [3.8, 4) is 0 Å². The molecule has 2 unspecified atom stereocenters. The fourth-order valence-electron chi connectivity index (χ4n) is 3.36. The van der Waals surface area contributed by atoms with Gasteiger partial charge >= 0.3 is 0 Å². The van der Waals surface area contributed by atoms with E-state index in [0.717, 1.165) is 36.5 Å². The largest absolute Gasteiger partial charge is 0.390 e. The summed E-state index contributed by atoms with van der Waals surface area (Å²) in [5, 5.41) is 20.8. The molecular weight excluding hydrogens is 325 g/mol. The molecule has 2 aromatic rings. The van der Waals surface area contributed by atoms with Crippen LogP contribution in [-0.4, -0.2) is 45.1 Å². The molecule has 0 radical (unpaired) electrons. The number of aromatic nitrogens is 2. The quantitative estimate of drug-likeness (QED) is 0.881. The van der Waals surface area contributed by atoms with Gasteiger partial charge < -0.3 is 19.7 Å². The van der Waals surface area contributed by atoms with Gasteiger partial charge in [0, 0.05) is 19.1 Å². The SMILES string of the molecule is OC1CC(n2c(N3CCC3)nc3cc(Cl)c(Cl)cc32)CC1O. The zero-order valence-electron chi connectivity index (χ0n) is 11.9. The summed E-state index contributed by atoms with van der Waals surface area (Å²) >= 11 is 12.3. The molecule has 2 N–H and O–H groups in total. The number of fused-ring (bicyclic) bond motifs is 1. The molecule has 2 fully saturated rings. The lowest BCUT2D eigenvalue weighted by atomic mass is 10.2. The maximum atomic E-state index is 9.89. The molecule has 1 aliphatic carbocycles. The number of imidazole rings is 1. The standard InChI is InChI=1S/C15H17Cl2N3O2/c16-9-6-11-12(7-10(9)17)20(8-4-13(21)14(22)5-8)15(18-11)19-2-1-3-19/h6-8,13-14,21-22H,1-5H2. The van der Waals surface area contributed by atoms with Crippen molar-refractivity contribution in [2.45, 2.75) is 37.5 Å². The lowest BCUT2D eigenvalue weighted by molar-refractivity contribution is 0.0438. The first-order chi connectivity index (χ1) is 10.5. The van der Waals surface area contributed by atoms with Crippen molar-refractivity contribution >= 4 is 40.2 Å². The third-order valence-corrected chi connectivity index (χ3v) is 5.41. The van der Waals surface area contributed by atoms with Crippen LogP contribution in [0.2, 0.25) is 10.0 Å². The second kappa shape index (κ2) is 5.27. The highest BCUT2D eigenvalue weighted by atomic mass is 35.5. The van der Waals surface area contributed by atoms with E-state index in [9.17, 15) is 10.2 Å². The Hall–Kier alpha value is -1.01. The second-order valence-electron chi connectivity index (χ2n) is 6.14. The van der Waals surface area contributed by atoms with Gasteiger partial charge in [-0.05, 0) is 31.4 Å². The van der Waals surface area contributed by atoms with Crippen LogP contribution in [0, 0.1) is 0 Å². The van der Waals surface area contributed by atoms with Gasteiger partial charge in [-0.3, -0.25) is 0 Å². The molecule has 118 valence electrons. The number of halogens is 2. The Balaban J connectivity index is 1.87. The van der Waals surface area contributed by atoms with Crippen molar-refractivity contribution < 1.29 is 10.2 Å². The van der Waals surface area contributed by atoms with Crippen LogP contribution >= 0.6 is 23.2 Å². The van der Waals surface area contributed by atoms with Gasteiger partial charge in [-0.2, -0.15) is 0 Å². The Morgan fingerprint density at radius 3 is 2.27 bits per heavy atom. The molecule has 2 aliphatic rings. The van der Waals surface area contributed by atoms with Gasteiger partial charge in [0.2, 0.25) is 5.95 Å². The number of anilines is 1. The Labute approximate surface area is 138 Å². The predicted octanol–water partition coefficient (Wildman–Crippen LogP) is 2.61. The lowest BCUT2D eigenvalue weighted by Crippen LogP contribution is -2.39. The Bertz CT molecular complexity index is 719. The van der Waals surface area contributed by atoms with Crippen molar-refractivity contribution in [2.75, 3.05) is 18.0 Å². The van der Waals surface area contributed by atoms with Crippen LogP contribution < -0.4 is 4.90 Å². The van der Waals surface area contributed by atoms with Gasteiger partial charge in [0.15, 0.2) is 0 Å². The van der Waals surface area contributed by atoms with E-state index in [1.165, 1.54) is 0 Å². The molecular formula is C15H17Cl2N3O2. The highest BCUT2D eigenvalue weighted by Crippen LogP contribution is 2.39. The van der Waals surface area contributed by atoms with Crippen molar-refractivity contribution in [2.24, 2.45) is 0 Å². The summed E-state index contributed by atoms with van der Waals surface area (Å²) in [7, 11) is 0. The molecule has 1 aromatic heterocycles. The van der Waals surface area contributed by atoms with Crippen molar-refractivity contribution in [3.63, 3.8) is 0 Å². The first-order valence-corrected chi connectivity index (χ1v) is 8.28. The predicted molar refractivity (Wildman–Crippen MR) is 86.9 cm³/mol. The maximum Gasteiger partial charge on any atom is 0.206 e. The van der Waals surface area contributed by atoms with Gasteiger partial charge in [-0.15, -0.1) is 0 Å². The van der Waals surface area contributed by atoms with E-state index in [1.807, 2.05) is 6.07 Å². The van der Waals surface area contributed by atoms with Gasteiger partial charge in [0.25, 0.3) is 0 Å². The average molecular weight is 342 g/mol. The minimum Gasteiger partial charge on any atom is -0.390 e. The molecule has 2 atom stereocenters. The van der Waals surface area contributed by atoms with Gasteiger partial charge in [0.1, 0.15) is 0 Å². The van der Waals surface area contributed by atoms with Gasteiger partial charge in [-0.1, -0.05) is 23.2 Å². The van der Waals surface area contributed by atoms with E-state index in [1.54, 1.807) is 6.07 Å². The lowest BCUT2D eigenvalue weighted by Gasteiger charge is -2.33. The van der Waals surface area contributed by atoms with Crippen molar-refractivity contribution in [1.82, 2.24) is 9.55 Å². The number of aliphatic hydroxyl groups excluding tert-OH is 2. The van der Waals surface area contributed by atoms with Crippen LogP contribution in [-0.2, 0) is 0 Å². The molecule has 0 amide bonds. The Morgan fingerprint density at radius 1 is 1.05 bits per heavy atom. The van der Waals surface area contributed by atoms with Crippen molar-refractivity contribution in [3.05, 3.63) is 22.2 Å². The first-order valence-electron chi connectivity index (χ1n) is 7.52. The zero-order chi connectivity index (χ0) is 15.4. The smallest absolute Gasteiger partial charge is 0.206 e. The molecule has 1 aliphatic heterocycles. The molecule has 22 heavy (non-hydrogen) atoms. The third-order valence-electron chi connectivity index (χ3n) is 4.69. The summed E-state index contributed by atoms with van der Waals surface area (Å²) in [5.41, 5.74) is 1.70. The van der Waals surface area contributed by atoms with E-state index < -0.39 is 12.2 Å². The number of hydrogen-bond acceptors (Lipinski definition) is 4. The summed E-state index contributed by atoms with van der Waals surface area (Å²) in [5.74, 6) is 0.880. The fraction of sp³-hybridized carbons (Fsp3) is 0.533. The average Bonchev–Trinajstić information content (AvgIpc) is 2.89. The number of rotatable bonds is 2. The third kappa shape index (κ3) is 2.19. The number of benzene rings is 1. The minimum absolute atomic E-state index is 0.0165. The molecule has 7 heteroatoms. The topological polar surface area (TPSA) is 61.5 Å². The van der Waals surface area contributed by atoms with E-state index in [4.69, 9.17) is 28.2 Å². The first kappa shape index (κ1) is 14.6. The molecule has 0 bridgehead atoms. The summed E-state index contributed by atoms with van der Waals surface area (Å²) in [6.45, 7) is 1.95. The number of aliphatic hydroxyl groups is 2. The maximum absolute atomic E-state index is 9.89. The van der Waals surface area contributed by atoms with E-state index in [2.05, 4.69) is 9.47 Å². The monoisotopic (exact) mass is 341 g/mol. The molecule has 5 nitrogen and oxygen atoms in total. The van der Waals surface area contributed by atoms with E-state index in [-0.39, 0.29) is 6.04 Å². The van der Waals surface area contributed by atoms with Crippen LogP contribution in [0.3, 0.4) is 0 Å². The number of nitrogens with zero attached hydrogens (tertiary/aromatic N) is 3. The summed E-state index contributed by atoms with van der Waals surface area (Å²) in [6, 6.07) is 3.62. The minimum atomic E-state index is -0.686. The molecule has 1 saturated heterocycles. The number of hydrogen-bond donors (Lipinski definition) is 2. The normalized spacial score (nSPS) is 28.4. The molecule has 4 rings (SSSR count). The van der Waals surface area contributed by atoms with Crippen molar-refractivity contribution in [1.29, 1.82) is 0 Å². The Morgan fingerprint density at radius 2 is 1.68 bits per heavy atom. The summed E-state index contributed by atoms with van der Waals surface area (Å²) in [6.07, 6.45) is 0.825. The highest BCUT2D eigenvalue weighted by molar-refractivity contribution is 6.42. The van der Waals surface area contributed by atoms with Crippen LogP contribution in [0.15, 0.2) is 12.1 Å². The zero-order valence-corrected chi connectivity index (χ0v) is 13.4. The Kier molecular flexibility index (Phi) is 3.49. The summed E-state index contributed by atoms with van der Waals surface area (Å²) in [4.78, 5) is 6.92. The van der Waals surface area contributed by atoms with E-state index in [0.29, 0.717) is 22.9 Å². The second-order valence-corrected chi connectivity index (χ2v) is 6.95. The molecule has 0 spiro atoms. The fourth-order valence-corrected chi connectivity index (χ4v) is 3.67. The molecule has 2 heterocycles. The van der Waals surface area contributed by atoms with Gasteiger partial charge in [0.05, 0.1) is 33.3 Å². The van der Waals surface area contributed by atoms with Crippen LogP contribution in [0.5, 0.6) is 0 Å².